The molecule has 0 saturated heterocycles. The summed E-state index contributed by atoms with van der Waals surface area (Å²) in [6.45, 7) is 1.83. The molecule has 0 radical (unpaired) electrons. The maximum Gasteiger partial charge on any atom is 0.183 e. The van der Waals surface area contributed by atoms with Crippen molar-refractivity contribution < 1.29 is 5.11 Å². The van der Waals surface area contributed by atoms with Crippen LogP contribution >= 0.6 is 11.3 Å². The van der Waals surface area contributed by atoms with E-state index in [1.165, 1.54) is 11.3 Å². The summed E-state index contributed by atoms with van der Waals surface area (Å²) in [7, 11) is 0. The van der Waals surface area contributed by atoms with Crippen LogP contribution in [0.1, 0.15) is 16.8 Å². The first-order valence-corrected chi connectivity index (χ1v) is 3.61. The minimum atomic E-state index is -1.06. The largest absolute Gasteiger partial charge is 0.373 e. The number of hydrogen-bond acceptors (Lipinski definition) is 4. The van der Waals surface area contributed by atoms with Crippen molar-refractivity contribution in [3.63, 3.8) is 0 Å². The van der Waals surface area contributed by atoms with Crippen LogP contribution in [-0.2, 0) is 0 Å². The minimum absolute atomic E-state index is 0.449. The first kappa shape index (κ1) is 7.19. The summed E-state index contributed by atoms with van der Waals surface area (Å²) in [5.41, 5.74) is 0.449. The minimum Gasteiger partial charge on any atom is -0.373 e. The highest BCUT2D eigenvalue weighted by molar-refractivity contribution is 7.09. The van der Waals surface area contributed by atoms with Crippen molar-refractivity contribution in [2.24, 2.45) is 0 Å². The van der Waals surface area contributed by atoms with Crippen LogP contribution in [0, 0.1) is 18.3 Å². The summed E-state index contributed by atoms with van der Waals surface area (Å²) in [5.74, 6) is 0. The Morgan fingerprint density at radius 1 is 1.90 bits per heavy atom. The Hall–Kier alpha value is -0.920. The van der Waals surface area contributed by atoms with E-state index in [-0.39, 0.29) is 0 Å². The molecule has 0 aliphatic rings. The molecule has 0 aliphatic carbocycles. The van der Waals surface area contributed by atoms with Gasteiger partial charge < -0.3 is 5.11 Å². The maximum atomic E-state index is 8.93. The molecule has 4 heteroatoms. The molecule has 52 valence electrons. The molecule has 0 aromatic carbocycles. The van der Waals surface area contributed by atoms with Crippen LogP contribution in [0.15, 0.2) is 5.38 Å². The third-order valence-electron chi connectivity index (χ3n) is 1.04. The number of aliphatic hydroxyl groups excluding tert-OH is 1. The van der Waals surface area contributed by atoms with Gasteiger partial charge in [-0.15, -0.1) is 11.3 Å². The lowest BCUT2D eigenvalue weighted by molar-refractivity contribution is 0.231. The molecule has 0 saturated carbocycles. The van der Waals surface area contributed by atoms with Crippen molar-refractivity contribution >= 4 is 11.3 Å². The van der Waals surface area contributed by atoms with Gasteiger partial charge in [-0.2, -0.15) is 5.26 Å². The Morgan fingerprint density at radius 2 is 2.60 bits per heavy atom. The molecular weight excluding hydrogens is 148 g/mol. The summed E-state index contributed by atoms with van der Waals surface area (Å²) >= 11 is 1.43. The third kappa shape index (κ3) is 1.32. The van der Waals surface area contributed by atoms with Crippen LogP contribution in [0.5, 0.6) is 0 Å². The van der Waals surface area contributed by atoms with E-state index in [1.807, 2.05) is 6.92 Å². The van der Waals surface area contributed by atoms with Crippen LogP contribution in [0.3, 0.4) is 0 Å². The van der Waals surface area contributed by atoms with Crippen molar-refractivity contribution in [2.75, 3.05) is 0 Å². The molecule has 3 nitrogen and oxygen atoms in total. The zero-order valence-corrected chi connectivity index (χ0v) is 6.22. The zero-order chi connectivity index (χ0) is 7.56. The Labute approximate surface area is 62.6 Å². The maximum absolute atomic E-state index is 8.93. The van der Waals surface area contributed by atoms with Crippen molar-refractivity contribution in [2.45, 2.75) is 13.0 Å². The second-order valence-electron chi connectivity index (χ2n) is 1.82. The second kappa shape index (κ2) is 2.78. The van der Waals surface area contributed by atoms with E-state index in [4.69, 9.17) is 10.4 Å². The smallest absolute Gasteiger partial charge is 0.183 e. The zero-order valence-electron chi connectivity index (χ0n) is 5.40. The Morgan fingerprint density at radius 3 is 3.00 bits per heavy atom. The molecule has 10 heavy (non-hydrogen) atoms. The van der Waals surface area contributed by atoms with Crippen LogP contribution in [0.2, 0.25) is 0 Å². The fraction of sp³-hybridized carbons (Fsp3) is 0.333. The average Bonchev–Trinajstić information content (AvgIpc) is 2.34. The molecule has 1 N–H and O–H groups in total. The van der Waals surface area contributed by atoms with Gasteiger partial charge in [-0.3, -0.25) is 0 Å². The van der Waals surface area contributed by atoms with Gasteiger partial charge >= 0.3 is 0 Å². The summed E-state index contributed by atoms with van der Waals surface area (Å²) in [4.78, 5) is 3.93. The SMILES string of the molecule is Cc1nc([C@@H](O)C#N)cs1. The molecule has 0 unspecified atom stereocenters. The number of aryl methyl sites for hydroxylation is 1. The quantitative estimate of drug-likeness (QED) is 0.614. The molecule has 0 fully saturated rings. The molecule has 1 atom stereocenters. The number of aliphatic hydroxyl groups is 1. The van der Waals surface area contributed by atoms with E-state index in [0.717, 1.165) is 5.01 Å². The Balaban J connectivity index is 2.87. The topological polar surface area (TPSA) is 56.9 Å². The van der Waals surface area contributed by atoms with Crippen molar-refractivity contribution in [3.05, 3.63) is 16.1 Å². The van der Waals surface area contributed by atoms with E-state index in [2.05, 4.69) is 4.98 Å². The second-order valence-corrected chi connectivity index (χ2v) is 2.89. The van der Waals surface area contributed by atoms with Crippen molar-refractivity contribution in [1.82, 2.24) is 4.98 Å². The fourth-order valence-corrected chi connectivity index (χ4v) is 1.20. The molecule has 0 spiro atoms. The standard InChI is InChI=1S/C6H6N2OS/c1-4-8-5(3-10-4)6(9)2-7/h3,6,9H,1H3/t6-/m0/s1. The molecule has 0 aliphatic heterocycles. The molecule has 1 aromatic heterocycles. The van der Waals surface area contributed by atoms with E-state index in [1.54, 1.807) is 11.4 Å². The summed E-state index contributed by atoms with van der Waals surface area (Å²) in [5, 5.41) is 19.7. The summed E-state index contributed by atoms with van der Waals surface area (Å²) in [6, 6.07) is 1.69. The molecular formula is C6H6N2OS. The van der Waals surface area contributed by atoms with Gasteiger partial charge in [0.05, 0.1) is 10.7 Å². The normalized spacial score (nSPS) is 12.5. The predicted octanol–water partition coefficient (Wildman–Crippen LogP) is 1.01. The number of thiazole rings is 1. The van der Waals surface area contributed by atoms with Gasteiger partial charge in [0.1, 0.15) is 6.07 Å². The first-order valence-electron chi connectivity index (χ1n) is 2.73. The van der Waals surface area contributed by atoms with Gasteiger partial charge in [-0.1, -0.05) is 0 Å². The number of nitrogens with zero attached hydrogens (tertiary/aromatic N) is 2. The molecule has 1 aromatic rings. The lowest BCUT2D eigenvalue weighted by atomic mass is 10.3. The molecule has 1 heterocycles. The van der Waals surface area contributed by atoms with Crippen LogP contribution < -0.4 is 0 Å². The van der Waals surface area contributed by atoms with Crippen LogP contribution in [0.25, 0.3) is 0 Å². The van der Waals surface area contributed by atoms with Gasteiger partial charge in [0.2, 0.25) is 0 Å². The number of rotatable bonds is 1. The summed E-state index contributed by atoms with van der Waals surface area (Å²) in [6.07, 6.45) is -1.06. The van der Waals surface area contributed by atoms with E-state index >= 15 is 0 Å². The van der Waals surface area contributed by atoms with E-state index in [9.17, 15) is 0 Å². The number of nitriles is 1. The fourth-order valence-electron chi connectivity index (χ4n) is 0.572. The Kier molecular flexibility index (Phi) is 2.00. The molecule has 0 bridgehead atoms. The Bertz CT molecular complexity index is 263. The first-order chi connectivity index (χ1) is 4.74. The highest BCUT2D eigenvalue weighted by Crippen LogP contribution is 2.14. The highest BCUT2D eigenvalue weighted by atomic mass is 32.1. The van der Waals surface area contributed by atoms with Crippen LogP contribution in [-0.4, -0.2) is 10.1 Å². The van der Waals surface area contributed by atoms with Crippen molar-refractivity contribution in [3.8, 4) is 6.07 Å². The van der Waals surface area contributed by atoms with Gasteiger partial charge in [0, 0.05) is 5.38 Å². The average molecular weight is 154 g/mol. The van der Waals surface area contributed by atoms with Gasteiger partial charge in [-0.05, 0) is 6.92 Å². The van der Waals surface area contributed by atoms with Gasteiger partial charge in [0.15, 0.2) is 6.10 Å². The lowest BCUT2D eigenvalue weighted by Crippen LogP contribution is -1.92. The molecule has 1 rings (SSSR count). The summed E-state index contributed by atoms with van der Waals surface area (Å²) < 4.78 is 0. The molecule has 0 amide bonds. The van der Waals surface area contributed by atoms with E-state index < -0.39 is 6.10 Å². The van der Waals surface area contributed by atoms with E-state index in [0.29, 0.717) is 5.69 Å². The number of hydrogen-bond donors (Lipinski definition) is 1. The number of aromatic nitrogens is 1. The monoisotopic (exact) mass is 154 g/mol. The van der Waals surface area contributed by atoms with Crippen molar-refractivity contribution in [1.29, 1.82) is 5.26 Å². The van der Waals surface area contributed by atoms with Gasteiger partial charge in [0.25, 0.3) is 0 Å². The third-order valence-corrected chi connectivity index (χ3v) is 1.83. The lowest BCUT2D eigenvalue weighted by Gasteiger charge is -1.91. The highest BCUT2D eigenvalue weighted by Gasteiger charge is 2.07. The predicted molar refractivity (Wildman–Crippen MR) is 37.4 cm³/mol. The van der Waals surface area contributed by atoms with Gasteiger partial charge in [-0.25, -0.2) is 4.98 Å². The van der Waals surface area contributed by atoms with Crippen LogP contribution in [0.4, 0.5) is 0 Å².